The number of rotatable bonds is 4. The molecule has 0 amide bonds. The number of carbonyl (C=O) groups is 1. The lowest BCUT2D eigenvalue weighted by atomic mass is 9.91. The van der Waals surface area contributed by atoms with Gasteiger partial charge >= 0.3 is 5.97 Å². The van der Waals surface area contributed by atoms with Crippen LogP contribution in [0.15, 0.2) is 77.3 Å². The van der Waals surface area contributed by atoms with Gasteiger partial charge in [-0.1, -0.05) is 88.2 Å². The van der Waals surface area contributed by atoms with Crippen molar-refractivity contribution in [3.05, 3.63) is 99.0 Å². The zero-order chi connectivity index (χ0) is 17.8. The first-order valence-electron chi connectivity index (χ1n) is 7.83. The molecule has 25 heavy (non-hydrogen) atoms. The summed E-state index contributed by atoms with van der Waals surface area (Å²) < 4.78 is 6.56. The quantitative estimate of drug-likeness (QED) is 0.377. The van der Waals surface area contributed by atoms with E-state index in [-0.39, 0.29) is 5.97 Å². The number of carbonyl (C=O) groups excluding carboxylic acids is 1. The molecule has 0 spiro atoms. The molecule has 3 rings (SSSR count). The second kappa shape index (κ2) is 7.85. The standard InChI is InChI=1S/C21H16BrClO2/c1-14-12-17(22)13-18(23)20(14)25-21(24)19(15-8-4-2-5-9-15)16-10-6-3-7-11-16/h2-13,19H,1H3. The molecule has 0 saturated heterocycles. The number of esters is 1. The number of hydrogen-bond acceptors (Lipinski definition) is 2. The number of ether oxygens (including phenoxy) is 1. The number of aryl methyl sites for hydroxylation is 1. The Morgan fingerprint density at radius 3 is 1.96 bits per heavy atom. The first-order chi connectivity index (χ1) is 12.1. The Hall–Kier alpha value is -2.10. The van der Waals surface area contributed by atoms with E-state index in [1.807, 2.05) is 73.7 Å². The van der Waals surface area contributed by atoms with Gasteiger partial charge in [-0.05, 0) is 35.7 Å². The van der Waals surface area contributed by atoms with E-state index in [0.717, 1.165) is 21.2 Å². The van der Waals surface area contributed by atoms with Gasteiger partial charge in [-0.3, -0.25) is 4.79 Å². The Morgan fingerprint density at radius 1 is 0.960 bits per heavy atom. The van der Waals surface area contributed by atoms with Crippen molar-refractivity contribution in [2.45, 2.75) is 12.8 Å². The molecule has 0 aliphatic heterocycles. The molecule has 0 unspecified atom stereocenters. The van der Waals surface area contributed by atoms with Gasteiger partial charge in [0, 0.05) is 4.47 Å². The molecule has 0 saturated carbocycles. The van der Waals surface area contributed by atoms with Crippen molar-refractivity contribution in [1.82, 2.24) is 0 Å². The molecule has 0 heterocycles. The van der Waals surface area contributed by atoms with E-state index in [0.29, 0.717) is 10.8 Å². The lowest BCUT2D eigenvalue weighted by molar-refractivity contribution is -0.135. The zero-order valence-electron chi connectivity index (χ0n) is 13.6. The summed E-state index contributed by atoms with van der Waals surface area (Å²) in [5.41, 5.74) is 2.56. The van der Waals surface area contributed by atoms with Crippen LogP contribution in [-0.4, -0.2) is 5.97 Å². The average molecular weight is 416 g/mol. The minimum Gasteiger partial charge on any atom is -0.424 e. The summed E-state index contributed by atoms with van der Waals surface area (Å²) in [4.78, 5) is 13.0. The van der Waals surface area contributed by atoms with Gasteiger partial charge in [0.1, 0.15) is 5.92 Å². The largest absolute Gasteiger partial charge is 0.424 e. The summed E-state index contributed by atoms with van der Waals surface area (Å²) >= 11 is 9.66. The van der Waals surface area contributed by atoms with E-state index < -0.39 is 5.92 Å². The van der Waals surface area contributed by atoms with Crippen LogP contribution in [-0.2, 0) is 4.79 Å². The molecule has 0 aromatic heterocycles. The van der Waals surface area contributed by atoms with Crippen LogP contribution in [0.5, 0.6) is 5.75 Å². The van der Waals surface area contributed by atoms with Gasteiger partial charge in [0.2, 0.25) is 0 Å². The van der Waals surface area contributed by atoms with Crippen molar-refractivity contribution in [2.75, 3.05) is 0 Å². The van der Waals surface area contributed by atoms with Gasteiger partial charge < -0.3 is 4.74 Å². The third kappa shape index (κ3) is 4.12. The topological polar surface area (TPSA) is 26.3 Å². The smallest absolute Gasteiger partial charge is 0.323 e. The van der Waals surface area contributed by atoms with E-state index in [1.165, 1.54) is 0 Å². The first kappa shape index (κ1) is 17.7. The minimum atomic E-state index is -0.512. The summed E-state index contributed by atoms with van der Waals surface area (Å²) in [6, 6.07) is 22.8. The average Bonchev–Trinajstić information content (AvgIpc) is 2.60. The van der Waals surface area contributed by atoms with Gasteiger partial charge in [-0.25, -0.2) is 0 Å². The number of hydrogen-bond donors (Lipinski definition) is 0. The summed E-state index contributed by atoms with van der Waals surface area (Å²) in [7, 11) is 0. The first-order valence-corrected chi connectivity index (χ1v) is 9.00. The molecule has 4 heteroatoms. The SMILES string of the molecule is Cc1cc(Br)cc(Cl)c1OC(=O)C(c1ccccc1)c1ccccc1. The van der Waals surface area contributed by atoms with Crippen molar-refractivity contribution in [2.24, 2.45) is 0 Å². The molecule has 0 N–H and O–H groups in total. The third-order valence-electron chi connectivity index (χ3n) is 3.90. The lowest BCUT2D eigenvalue weighted by Crippen LogP contribution is -2.20. The van der Waals surface area contributed by atoms with Crippen LogP contribution in [0.25, 0.3) is 0 Å². The molecule has 0 aliphatic carbocycles. The van der Waals surface area contributed by atoms with E-state index in [9.17, 15) is 4.79 Å². The van der Waals surface area contributed by atoms with E-state index in [2.05, 4.69) is 15.9 Å². The van der Waals surface area contributed by atoms with Crippen molar-refractivity contribution < 1.29 is 9.53 Å². The van der Waals surface area contributed by atoms with Gasteiger partial charge in [0.05, 0.1) is 5.02 Å². The van der Waals surface area contributed by atoms with Gasteiger partial charge in [0.25, 0.3) is 0 Å². The Morgan fingerprint density at radius 2 is 1.48 bits per heavy atom. The Kier molecular flexibility index (Phi) is 5.57. The lowest BCUT2D eigenvalue weighted by Gasteiger charge is -2.18. The van der Waals surface area contributed by atoms with Crippen LogP contribution in [0.1, 0.15) is 22.6 Å². The maximum Gasteiger partial charge on any atom is 0.323 e. The van der Waals surface area contributed by atoms with E-state index >= 15 is 0 Å². The van der Waals surface area contributed by atoms with Crippen LogP contribution < -0.4 is 4.74 Å². The minimum absolute atomic E-state index is 0.357. The predicted molar refractivity (Wildman–Crippen MR) is 104 cm³/mol. The van der Waals surface area contributed by atoms with Gasteiger partial charge in [-0.15, -0.1) is 0 Å². The molecule has 126 valence electrons. The zero-order valence-corrected chi connectivity index (χ0v) is 15.9. The van der Waals surface area contributed by atoms with Crippen LogP contribution in [0, 0.1) is 6.92 Å². The molecule has 3 aromatic carbocycles. The molecular weight excluding hydrogens is 400 g/mol. The highest BCUT2D eigenvalue weighted by Crippen LogP contribution is 2.34. The normalized spacial score (nSPS) is 10.7. The number of halogens is 2. The summed E-state index contributed by atoms with van der Waals surface area (Å²) in [6.45, 7) is 1.86. The Balaban J connectivity index is 1.99. The monoisotopic (exact) mass is 414 g/mol. The second-order valence-electron chi connectivity index (χ2n) is 5.71. The summed E-state index contributed by atoms with van der Waals surface area (Å²) in [5.74, 6) is -0.474. The van der Waals surface area contributed by atoms with Crippen LogP contribution >= 0.6 is 27.5 Å². The molecule has 2 nitrogen and oxygen atoms in total. The highest BCUT2D eigenvalue weighted by Gasteiger charge is 2.26. The molecule has 0 radical (unpaired) electrons. The van der Waals surface area contributed by atoms with E-state index in [1.54, 1.807) is 6.07 Å². The van der Waals surface area contributed by atoms with E-state index in [4.69, 9.17) is 16.3 Å². The van der Waals surface area contributed by atoms with Crippen molar-refractivity contribution in [3.63, 3.8) is 0 Å². The predicted octanol–water partition coefficient (Wildman–Crippen LogP) is 6.15. The second-order valence-corrected chi connectivity index (χ2v) is 7.03. The van der Waals surface area contributed by atoms with Crippen molar-refractivity contribution >= 4 is 33.5 Å². The molecule has 0 atom stereocenters. The molecule has 3 aromatic rings. The number of benzene rings is 3. The van der Waals surface area contributed by atoms with Crippen LogP contribution in [0.3, 0.4) is 0 Å². The molecular formula is C21H16BrClO2. The summed E-state index contributed by atoms with van der Waals surface area (Å²) in [5, 5.41) is 0.403. The molecule has 0 fully saturated rings. The fourth-order valence-corrected chi connectivity index (χ4v) is 3.74. The highest BCUT2D eigenvalue weighted by atomic mass is 79.9. The van der Waals surface area contributed by atoms with Crippen molar-refractivity contribution in [3.8, 4) is 5.75 Å². The Bertz CT molecular complexity index is 816. The van der Waals surface area contributed by atoms with Crippen LogP contribution in [0.2, 0.25) is 5.02 Å². The Labute approximate surface area is 160 Å². The third-order valence-corrected chi connectivity index (χ3v) is 4.64. The molecule has 0 aliphatic rings. The van der Waals surface area contributed by atoms with Gasteiger partial charge in [0.15, 0.2) is 5.75 Å². The fraction of sp³-hybridized carbons (Fsp3) is 0.0952. The summed E-state index contributed by atoms with van der Waals surface area (Å²) in [6.07, 6.45) is 0. The van der Waals surface area contributed by atoms with Crippen LogP contribution in [0.4, 0.5) is 0 Å². The fourth-order valence-electron chi connectivity index (χ4n) is 2.73. The maximum atomic E-state index is 13.0. The molecule has 0 bridgehead atoms. The van der Waals surface area contributed by atoms with Crippen molar-refractivity contribution in [1.29, 1.82) is 0 Å². The van der Waals surface area contributed by atoms with Gasteiger partial charge in [-0.2, -0.15) is 0 Å². The maximum absolute atomic E-state index is 13.0. The highest BCUT2D eigenvalue weighted by molar-refractivity contribution is 9.10.